The zero-order valence-electron chi connectivity index (χ0n) is 9.44. The van der Waals surface area contributed by atoms with Crippen LogP contribution in [0.2, 0.25) is 0 Å². The topological polar surface area (TPSA) is 51.8 Å². The second-order valence-corrected chi connectivity index (χ2v) is 4.72. The molecule has 1 unspecified atom stereocenters. The number of nitrogens with two attached hydrogens (primary N) is 1. The van der Waals surface area contributed by atoms with Crippen molar-refractivity contribution in [2.75, 3.05) is 12.3 Å². The largest absolute Gasteiger partial charge is 0.330 e. The van der Waals surface area contributed by atoms with E-state index in [9.17, 15) is 0 Å². The Labute approximate surface area is 95.9 Å². The Morgan fingerprint density at radius 1 is 1.40 bits per heavy atom. The van der Waals surface area contributed by atoms with Crippen molar-refractivity contribution in [2.45, 2.75) is 31.8 Å². The Morgan fingerprint density at radius 3 is 2.60 bits per heavy atom. The van der Waals surface area contributed by atoms with E-state index in [1.165, 1.54) is 6.42 Å². The summed E-state index contributed by atoms with van der Waals surface area (Å²) in [6, 6.07) is 0. The van der Waals surface area contributed by atoms with Gasteiger partial charge in [-0.2, -0.15) is 0 Å². The molecule has 0 fully saturated rings. The van der Waals surface area contributed by atoms with E-state index in [4.69, 9.17) is 5.73 Å². The van der Waals surface area contributed by atoms with Crippen LogP contribution in [0.1, 0.15) is 25.8 Å². The Bertz CT molecular complexity index is 274. The quantitative estimate of drug-likeness (QED) is 0.595. The lowest BCUT2D eigenvalue weighted by atomic mass is 10.2. The number of aromatic nitrogens is 2. The van der Waals surface area contributed by atoms with Gasteiger partial charge in [0.2, 0.25) is 0 Å². The summed E-state index contributed by atoms with van der Waals surface area (Å²) < 4.78 is 0. The van der Waals surface area contributed by atoms with E-state index in [1.54, 1.807) is 11.8 Å². The van der Waals surface area contributed by atoms with Gasteiger partial charge in [0.1, 0.15) is 0 Å². The molecule has 0 saturated carbocycles. The molecule has 0 radical (unpaired) electrons. The van der Waals surface area contributed by atoms with Crippen molar-refractivity contribution in [1.82, 2.24) is 9.97 Å². The highest BCUT2D eigenvalue weighted by molar-refractivity contribution is 7.99. The van der Waals surface area contributed by atoms with Gasteiger partial charge in [0.15, 0.2) is 5.16 Å². The molecule has 1 atom stereocenters. The number of hydrogen-bond acceptors (Lipinski definition) is 4. The number of thioether (sulfide) groups is 1. The van der Waals surface area contributed by atoms with Crippen molar-refractivity contribution >= 4 is 11.8 Å². The van der Waals surface area contributed by atoms with E-state index in [-0.39, 0.29) is 0 Å². The van der Waals surface area contributed by atoms with Gasteiger partial charge in [-0.1, -0.05) is 32.0 Å². The first kappa shape index (κ1) is 12.5. The van der Waals surface area contributed by atoms with Crippen LogP contribution in [0.25, 0.3) is 0 Å². The number of rotatable bonds is 6. The first-order valence-electron chi connectivity index (χ1n) is 5.40. The highest BCUT2D eigenvalue weighted by Crippen LogP contribution is 2.17. The molecule has 84 valence electrons. The van der Waals surface area contributed by atoms with Gasteiger partial charge < -0.3 is 5.73 Å². The minimum atomic E-state index is 0.655. The first-order valence-corrected chi connectivity index (χ1v) is 6.38. The Hall–Kier alpha value is -0.610. The van der Waals surface area contributed by atoms with Crippen LogP contribution >= 0.6 is 11.8 Å². The Morgan fingerprint density at radius 2 is 2.07 bits per heavy atom. The van der Waals surface area contributed by atoms with Crippen molar-refractivity contribution in [3.05, 3.63) is 18.0 Å². The molecule has 0 saturated heterocycles. The zero-order chi connectivity index (χ0) is 11.1. The predicted octanol–water partition coefficient (Wildman–Crippen LogP) is 2.12. The van der Waals surface area contributed by atoms with Crippen LogP contribution in [0, 0.1) is 5.92 Å². The maximum atomic E-state index is 5.45. The van der Waals surface area contributed by atoms with Gasteiger partial charge in [-0.15, -0.1) is 0 Å². The lowest BCUT2D eigenvalue weighted by Gasteiger charge is -2.06. The first-order chi connectivity index (χ1) is 7.26. The van der Waals surface area contributed by atoms with E-state index >= 15 is 0 Å². The fourth-order valence-electron chi connectivity index (χ4n) is 1.05. The van der Waals surface area contributed by atoms with Crippen LogP contribution in [0.3, 0.4) is 0 Å². The summed E-state index contributed by atoms with van der Waals surface area (Å²) in [6.45, 7) is 5.11. The molecule has 0 amide bonds. The summed E-state index contributed by atoms with van der Waals surface area (Å²) in [6.07, 6.45) is 5.81. The summed E-state index contributed by atoms with van der Waals surface area (Å²) in [7, 11) is 0. The van der Waals surface area contributed by atoms with Crippen molar-refractivity contribution in [3.63, 3.8) is 0 Å². The van der Waals surface area contributed by atoms with Gasteiger partial charge in [-0.05, 0) is 24.4 Å². The van der Waals surface area contributed by atoms with Crippen LogP contribution in [-0.4, -0.2) is 22.3 Å². The lowest BCUT2D eigenvalue weighted by molar-refractivity contribution is 0.636. The molecule has 1 heterocycles. The van der Waals surface area contributed by atoms with Crippen molar-refractivity contribution in [2.24, 2.45) is 11.7 Å². The molecule has 1 aromatic rings. The Balaban J connectivity index is 2.42. The van der Waals surface area contributed by atoms with E-state index in [0.717, 1.165) is 28.8 Å². The molecule has 15 heavy (non-hydrogen) atoms. The molecule has 4 heteroatoms. The van der Waals surface area contributed by atoms with Crippen molar-refractivity contribution < 1.29 is 0 Å². The van der Waals surface area contributed by atoms with Gasteiger partial charge in [0, 0.05) is 18.1 Å². The minimum Gasteiger partial charge on any atom is -0.330 e. The van der Waals surface area contributed by atoms with Gasteiger partial charge >= 0.3 is 0 Å². The summed E-state index contributed by atoms with van der Waals surface area (Å²) in [5.41, 5.74) is 6.57. The van der Waals surface area contributed by atoms with Crippen LogP contribution in [0.5, 0.6) is 0 Å². The SMILES string of the molecule is CCC(C)CSc1ncc(CCN)cn1. The molecule has 2 N–H and O–H groups in total. The van der Waals surface area contributed by atoms with E-state index < -0.39 is 0 Å². The smallest absolute Gasteiger partial charge is 0.187 e. The third-order valence-electron chi connectivity index (χ3n) is 2.31. The molecule has 0 spiro atoms. The maximum Gasteiger partial charge on any atom is 0.187 e. The maximum absolute atomic E-state index is 5.45. The molecule has 3 nitrogen and oxygen atoms in total. The fourth-order valence-corrected chi connectivity index (χ4v) is 1.97. The zero-order valence-corrected chi connectivity index (χ0v) is 10.3. The fraction of sp³-hybridized carbons (Fsp3) is 0.636. The van der Waals surface area contributed by atoms with Gasteiger partial charge in [-0.3, -0.25) is 0 Å². The van der Waals surface area contributed by atoms with Crippen LogP contribution in [0.4, 0.5) is 0 Å². The van der Waals surface area contributed by atoms with Crippen molar-refractivity contribution in [1.29, 1.82) is 0 Å². The minimum absolute atomic E-state index is 0.655. The molecular weight excluding hydrogens is 206 g/mol. The third kappa shape index (κ3) is 4.62. The molecule has 0 bridgehead atoms. The van der Waals surface area contributed by atoms with Gasteiger partial charge in [0.25, 0.3) is 0 Å². The normalized spacial score (nSPS) is 12.7. The summed E-state index contributed by atoms with van der Waals surface area (Å²) in [5.74, 6) is 1.81. The molecule has 0 aliphatic heterocycles. The molecule has 0 aliphatic carbocycles. The number of hydrogen-bond donors (Lipinski definition) is 1. The molecule has 0 aliphatic rings. The van der Waals surface area contributed by atoms with E-state index in [1.807, 2.05) is 12.4 Å². The Kier molecular flexibility index (Phi) is 5.65. The summed E-state index contributed by atoms with van der Waals surface area (Å²) in [5, 5.41) is 0.871. The van der Waals surface area contributed by atoms with Crippen LogP contribution < -0.4 is 5.73 Å². The predicted molar refractivity (Wildman–Crippen MR) is 65.0 cm³/mol. The average Bonchev–Trinajstić information content (AvgIpc) is 2.28. The van der Waals surface area contributed by atoms with Gasteiger partial charge in [0.05, 0.1) is 0 Å². The second-order valence-electron chi connectivity index (χ2n) is 3.74. The second kappa shape index (κ2) is 6.80. The lowest BCUT2D eigenvalue weighted by Crippen LogP contribution is -2.04. The van der Waals surface area contributed by atoms with Gasteiger partial charge in [-0.25, -0.2) is 9.97 Å². The molecule has 1 rings (SSSR count). The van der Waals surface area contributed by atoms with E-state index in [2.05, 4.69) is 23.8 Å². The van der Waals surface area contributed by atoms with Crippen molar-refractivity contribution in [3.8, 4) is 0 Å². The summed E-state index contributed by atoms with van der Waals surface area (Å²) >= 11 is 1.73. The molecular formula is C11H19N3S. The van der Waals surface area contributed by atoms with Crippen LogP contribution in [-0.2, 0) is 6.42 Å². The standard InChI is InChI=1S/C11H19N3S/c1-3-9(2)8-15-11-13-6-10(4-5-12)7-14-11/h6-7,9H,3-5,8,12H2,1-2H3. The monoisotopic (exact) mass is 225 g/mol. The summed E-state index contributed by atoms with van der Waals surface area (Å²) in [4.78, 5) is 8.60. The highest BCUT2D eigenvalue weighted by Gasteiger charge is 2.02. The molecule has 1 aromatic heterocycles. The van der Waals surface area contributed by atoms with E-state index in [0.29, 0.717) is 6.54 Å². The molecule has 0 aromatic carbocycles. The number of nitrogens with zero attached hydrogens (tertiary/aromatic N) is 2. The highest BCUT2D eigenvalue weighted by atomic mass is 32.2. The third-order valence-corrected chi connectivity index (χ3v) is 3.51. The average molecular weight is 225 g/mol. The van der Waals surface area contributed by atoms with Crippen LogP contribution in [0.15, 0.2) is 17.6 Å².